The topological polar surface area (TPSA) is 50.7 Å². The van der Waals surface area contributed by atoms with Crippen molar-refractivity contribution in [1.82, 2.24) is 5.32 Å². The van der Waals surface area contributed by atoms with Crippen LogP contribution in [0.5, 0.6) is 11.5 Å². The fraction of sp³-hybridized carbons (Fsp3) is 0.294. The molecule has 3 rings (SSSR count). The van der Waals surface area contributed by atoms with Crippen LogP contribution in [-0.4, -0.2) is 24.9 Å². The van der Waals surface area contributed by atoms with Gasteiger partial charge in [-0.2, -0.15) is 0 Å². The van der Waals surface area contributed by atoms with E-state index in [9.17, 15) is 13.9 Å². The summed E-state index contributed by atoms with van der Waals surface area (Å²) in [6.07, 6.45) is -0.929. The molecule has 0 spiro atoms. The molecule has 1 aliphatic heterocycles. The average Bonchev–Trinajstić information content (AvgIpc) is 2.57. The molecule has 0 bridgehead atoms. The van der Waals surface area contributed by atoms with Crippen molar-refractivity contribution in [2.45, 2.75) is 12.6 Å². The predicted octanol–water partition coefficient (Wildman–Crippen LogP) is 2.56. The Morgan fingerprint density at radius 3 is 2.74 bits per heavy atom. The molecular formula is C17H17F2NO3. The number of hydrogen-bond acceptors (Lipinski definition) is 4. The second kappa shape index (κ2) is 6.93. The Hall–Kier alpha value is -2.18. The van der Waals surface area contributed by atoms with Crippen LogP contribution in [0.1, 0.15) is 17.2 Å². The minimum Gasteiger partial charge on any atom is -0.486 e. The highest BCUT2D eigenvalue weighted by molar-refractivity contribution is 5.47. The second-order valence-corrected chi connectivity index (χ2v) is 5.26. The molecule has 0 saturated carbocycles. The van der Waals surface area contributed by atoms with Gasteiger partial charge in [0.2, 0.25) is 0 Å². The molecule has 1 heterocycles. The number of nitrogens with one attached hydrogen (secondary N) is 1. The van der Waals surface area contributed by atoms with Gasteiger partial charge in [-0.05, 0) is 23.8 Å². The summed E-state index contributed by atoms with van der Waals surface area (Å²) in [5, 5.41) is 13.1. The molecule has 2 N–H and O–H groups in total. The Morgan fingerprint density at radius 2 is 1.91 bits per heavy atom. The number of halogens is 2. The van der Waals surface area contributed by atoms with Crippen LogP contribution in [0.15, 0.2) is 36.4 Å². The monoisotopic (exact) mass is 321 g/mol. The van der Waals surface area contributed by atoms with E-state index < -0.39 is 17.7 Å². The zero-order valence-electron chi connectivity index (χ0n) is 12.4. The van der Waals surface area contributed by atoms with Crippen molar-refractivity contribution in [3.05, 3.63) is 59.2 Å². The van der Waals surface area contributed by atoms with E-state index in [1.165, 1.54) is 6.07 Å². The summed E-state index contributed by atoms with van der Waals surface area (Å²) in [7, 11) is 0. The minimum atomic E-state index is -0.968. The molecule has 1 aliphatic rings. The molecule has 2 aromatic carbocycles. The van der Waals surface area contributed by atoms with Crippen molar-refractivity contribution in [3.63, 3.8) is 0 Å². The zero-order valence-corrected chi connectivity index (χ0v) is 12.4. The Labute approximate surface area is 132 Å². The van der Waals surface area contributed by atoms with E-state index in [4.69, 9.17) is 9.47 Å². The third-order valence-electron chi connectivity index (χ3n) is 3.63. The molecule has 1 atom stereocenters. The quantitative estimate of drug-likeness (QED) is 0.889. The van der Waals surface area contributed by atoms with Crippen LogP contribution in [0.2, 0.25) is 0 Å². The summed E-state index contributed by atoms with van der Waals surface area (Å²) in [4.78, 5) is 0. The molecule has 122 valence electrons. The van der Waals surface area contributed by atoms with Crippen molar-refractivity contribution >= 4 is 0 Å². The van der Waals surface area contributed by atoms with Gasteiger partial charge in [-0.3, -0.25) is 0 Å². The SMILES string of the molecule is OC(CNCc1cccc2c1OCCO2)c1ccc(F)c(F)c1. The van der Waals surface area contributed by atoms with E-state index in [2.05, 4.69) is 5.32 Å². The van der Waals surface area contributed by atoms with Crippen molar-refractivity contribution in [1.29, 1.82) is 0 Å². The summed E-state index contributed by atoms with van der Waals surface area (Å²) >= 11 is 0. The van der Waals surface area contributed by atoms with Crippen molar-refractivity contribution in [3.8, 4) is 11.5 Å². The molecule has 1 unspecified atom stereocenters. The molecule has 6 heteroatoms. The van der Waals surface area contributed by atoms with Gasteiger partial charge in [-0.15, -0.1) is 0 Å². The van der Waals surface area contributed by atoms with Gasteiger partial charge < -0.3 is 19.9 Å². The first-order valence-corrected chi connectivity index (χ1v) is 7.36. The summed E-state index contributed by atoms with van der Waals surface area (Å²) in [6, 6.07) is 9.00. The third kappa shape index (κ3) is 3.60. The van der Waals surface area contributed by atoms with Crippen molar-refractivity contribution < 1.29 is 23.4 Å². The van der Waals surface area contributed by atoms with Gasteiger partial charge in [0.1, 0.15) is 13.2 Å². The number of para-hydroxylation sites is 1. The van der Waals surface area contributed by atoms with Crippen LogP contribution in [0.4, 0.5) is 8.78 Å². The molecule has 23 heavy (non-hydrogen) atoms. The first-order chi connectivity index (χ1) is 11.1. The number of rotatable bonds is 5. The summed E-state index contributed by atoms with van der Waals surface area (Å²) < 4.78 is 37.2. The maximum Gasteiger partial charge on any atom is 0.165 e. The third-order valence-corrected chi connectivity index (χ3v) is 3.63. The number of aliphatic hydroxyl groups excluding tert-OH is 1. The smallest absolute Gasteiger partial charge is 0.165 e. The van der Waals surface area contributed by atoms with Gasteiger partial charge in [0.05, 0.1) is 6.10 Å². The van der Waals surface area contributed by atoms with Crippen LogP contribution in [0, 0.1) is 11.6 Å². The molecule has 2 aromatic rings. The molecule has 0 radical (unpaired) electrons. The first kappa shape index (κ1) is 15.7. The number of fused-ring (bicyclic) bond motifs is 1. The highest BCUT2D eigenvalue weighted by Crippen LogP contribution is 2.33. The summed E-state index contributed by atoms with van der Waals surface area (Å²) in [5.74, 6) is -0.489. The standard InChI is InChI=1S/C17H17F2NO3/c18-13-5-4-11(8-14(13)19)15(21)10-20-9-12-2-1-3-16-17(12)23-7-6-22-16/h1-5,8,15,20-21H,6-7,9-10H2. The fourth-order valence-corrected chi connectivity index (χ4v) is 2.45. The van der Waals surface area contributed by atoms with Gasteiger partial charge in [-0.25, -0.2) is 8.78 Å². The summed E-state index contributed by atoms with van der Waals surface area (Å²) in [6.45, 7) is 1.70. The van der Waals surface area contributed by atoms with E-state index >= 15 is 0 Å². The van der Waals surface area contributed by atoms with E-state index in [0.717, 1.165) is 17.7 Å². The molecule has 0 saturated heterocycles. The Bertz CT molecular complexity index is 694. The Kier molecular flexibility index (Phi) is 4.73. The average molecular weight is 321 g/mol. The predicted molar refractivity (Wildman–Crippen MR) is 80.5 cm³/mol. The Balaban J connectivity index is 1.60. The van der Waals surface area contributed by atoms with Gasteiger partial charge in [0, 0.05) is 18.7 Å². The highest BCUT2D eigenvalue weighted by atomic mass is 19.2. The molecule has 4 nitrogen and oxygen atoms in total. The maximum absolute atomic E-state index is 13.2. The largest absolute Gasteiger partial charge is 0.486 e. The number of ether oxygens (including phenoxy) is 2. The Morgan fingerprint density at radius 1 is 1.09 bits per heavy atom. The fourth-order valence-electron chi connectivity index (χ4n) is 2.45. The normalized spacial score (nSPS) is 14.6. The van der Waals surface area contributed by atoms with Crippen LogP contribution < -0.4 is 14.8 Å². The van der Waals surface area contributed by atoms with E-state index in [-0.39, 0.29) is 6.54 Å². The van der Waals surface area contributed by atoms with Crippen molar-refractivity contribution in [2.75, 3.05) is 19.8 Å². The lowest BCUT2D eigenvalue weighted by molar-refractivity contribution is 0.166. The zero-order chi connectivity index (χ0) is 16.2. The van der Waals surface area contributed by atoms with E-state index in [1.54, 1.807) is 0 Å². The lowest BCUT2D eigenvalue weighted by atomic mass is 10.1. The molecule has 0 amide bonds. The van der Waals surface area contributed by atoms with Gasteiger partial charge in [-0.1, -0.05) is 18.2 Å². The first-order valence-electron chi connectivity index (χ1n) is 7.36. The molecule has 0 aromatic heterocycles. The lowest BCUT2D eigenvalue weighted by Crippen LogP contribution is -2.23. The van der Waals surface area contributed by atoms with Gasteiger partial charge >= 0.3 is 0 Å². The van der Waals surface area contributed by atoms with Crippen LogP contribution in [0.25, 0.3) is 0 Å². The maximum atomic E-state index is 13.2. The second-order valence-electron chi connectivity index (χ2n) is 5.26. The minimum absolute atomic E-state index is 0.204. The highest BCUT2D eigenvalue weighted by Gasteiger charge is 2.16. The van der Waals surface area contributed by atoms with Crippen LogP contribution >= 0.6 is 0 Å². The number of benzene rings is 2. The summed E-state index contributed by atoms with van der Waals surface area (Å²) in [5.41, 5.74) is 1.24. The van der Waals surface area contributed by atoms with E-state index in [1.807, 2.05) is 18.2 Å². The van der Waals surface area contributed by atoms with Gasteiger partial charge in [0.25, 0.3) is 0 Å². The number of aliphatic hydroxyl groups is 1. The van der Waals surface area contributed by atoms with Crippen LogP contribution in [-0.2, 0) is 6.54 Å². The molecule has 0 fully saturated rings. The molecular weight excluding hydrogens is 304 g/mol. The lowest BCUT2D eigenvalue weighted by Gasteiger charge is -2.21. The van der Waals surface area contributed by atoms with Gasteiger partial charge in [0.15, 0.2) is 23.1 Å². The van der Waals surface area contributed by atoms with Crippen LogP contribution in [0.3, 0.4) is 0 Å². The molecule has 0 aliphatic carbocycles. The van der Waals surface area contributed by atoms with Crippen molar-refractivity contribution in [2.24, 2.45) is 0 Å². The van der Waals surface area contributed by atoms with E-state index in [0.29, 0.717) is 36.8 Å². The number of hydrogen-bond donors (Lipinski definition) is 2.